The molecule has 1 heterocycles. The number of hydrogen-bond acceptors (Lipinski definition) is 5. The van der Waals surface area contributed by atoms with Crippen LogP contribution >= 0.6 is 23.2 Å². The third kappa shape index (κ3) is 4.42. The second-order valence-corrected chi connectivity index (χ2v) is 6.24. The van der Waals surface area contributed by atoms with Crippen LogP contribution in [0, 0.1) is 0 Å². The van der Waals surface area contributed by atoms with Crippen LogP contribution in [0.5, 0.6) is 11.5 Å². The fourth-order valence-corrected chi connectivity index (χ4v) is 2.79. The highest BCUT2D eigenvalue weighted by atomic mass is 35.5. The van der Waals surface area contributed by atoms with Gasteiger partial charge in [0.2, 0.25) is 0 Å². The van der Waals surface area contributed by atoms with Crippen molar-refractivity contribution in [3.63, 3.8) is 0 Å². The molecule has 0 fully saturated rings. The van der Waals surface area contributed by atoms with E-state index in [2.05, 4.69) is 10.3 Å². The number of benzene rings is 2. The van der Waals surface area contributed by atoms with E-state index < -0.39 is 5.91 Å². The Morgan fingerprint density at radius 3 is 2.78 bits per heavy atom. The number of ether oxygens (including phenoxy) is 1. The quantitative estimate of drug-likeness (QED) is 0.564. The molecule has 0 atom stereocenters. The molecule has 6 nitrogen and oxygen atoms in total. The number of furan rings is 1. The summed E-state index contributed by atoms with van der Waals surface area (Å²) in [4.78, 5) is 16.4. The van der Waals surface area contributed by atoms with E-state index in [1.165, 1.54) is 25.7 Å². The lowest BCUT2D eigenvalue weighted by atomic mass is 10.2. The Balaban J connectivity index is 1.83. The van der Waals surface area contributed by atoms with Gasteiger partial charge in [-0.05, 0) is 36.4 Å². The number of aromatic hydroxyl groups is 1. The Morgan fingerprint density at radius 1 is 1.26 bits per heavy atom. The third-order valence-electron chi connectivity index (χ3n) is 3.59. The first-order chi connectivity index (χ1) is 13.0. The summed E-state index contributed by atoms with van der Waals surface area (Å²) in [7, 11) is 1.48. The summed E-state index contributed by atoms with van der Waals surface area (Å²) in [6.07, 6.45) is 2.85. The van der Waals surface area contributed by atoms with Crippen molar-refractivity contribution in [3.8, 4) is 11.5 Å². The molecule has 1 aromatic heterocycles. The van der Waals surface area contributed by atoms with Gasteiger partial charge >= 0.3 is 0 Å². The Hall–Kier alpha value is -2.96. The topological polar surface area (TPSA) is 84.1 Å². The van der Waals surface area contributed by atoms with Crippen LogP contribution in [0.4, 0.5) is 11.4 Å². The zero-order valence-corrected chi connectivity index (χ0v) is 15.6. The summed E-state index contributed by atoms with van der Waals surface area (Å²) < 4.78 is 10.4. The maximum atomic E-state index is 12.1. The van der Waals surface area contributed by atoms with E-state index in [1.807, 2.05) is 0 Å². The normalized spacial score (nSPS) is 10.9. The van der Waals surface area contributed by atoms with Crippen LogP contribution in [0.1, 0.15) is 16.1 Å². The number of methoxy groups -OCH3 is 1. The van der Waals surface area contributed by atoms with Gasteiger partial charge in [0.15, 0.2) is 5.76 Å². The second kappa shape index (κ2) is 8.16. The van der Waals surface area contributed by atoms with E-state index in [9.17, 15) is 9.90 Å². The molecule has 0 bridgehead atoms. The number of hydrogen-bond donors (Lipinski definition) is 2. The molecule has 0 aliphatic carbocycles. The number of phenolic OH excluding ortho intramolecular Hbond substituents is 1. The number of amides is 1. The van der Waals surface area contributed by atoms with Crippen molar-refractivity contribution in [2.45, 2.75) is 0 Å². The molecule has 8 heteroatoms. The summed E-state index contributed by atoms with van der Waals surface area (Å²) in [6, 6.07) is 11.1. The van der Waals surface area contributed by atoms with Gasteiger partial charge in [0.05, 0.1) is 29.8 Å². The van der Waals surface area contributed by atoms with Crippen molar-refractivity contribution in [1.29, 1.82) is 0 Å². The zero-order valence-electron chi connectivity index (χ0n) is 14.1. The second-order valence-electron chi connectivity index (χ2n) is 5.40. The standard InChI is InChI=1S/C19H14Cl2N2O4/c1-26-17-9-13(22-10-11-7-12(20)8-14(21)18(11)24)4-5-15(17)23-19(25)16-3-2-6-27-16/h2-10,24H,1H3,(H,23,25). The average Bonchev–Trinajstić information content (AvgIpc) is 3.19. The highest BCUT2D eigenvalue weighted by molar-refractivity contribution is 6.36. The van der Waals surface area contributed by atoms with Crippen molar-refractivity contribution in [3.05, 3.63) is 70.1 Å². The number of carbonyl (C=O) groups is 1. The predicted molar refractivity (Wildman–Crippen MR) is 105 cm³/mol. The van der Waals surface area contributed by atoms with Crippen LogP contribution in [0.3, 0.4) is 0 Å². The van der Waals surface area contributed by atoms with Gasteiger partial charge in [-0.3, -0.25) is 9.79 Å². The van der Waals surface area contributed by atoms with Crippen LogP contribution in [-0.2, 0) is 0 Å². The van der Waals surface area contributed by atoms with Gasteiger partial charge < -0.3 is 19.6 Å². The zero-order chi connectivity index (χ0) is 19.4. The molecule has 3 rings (SSSR count). The van der Waals surface area contributed by atoms with Crippen molar-refractivity contribution >= 4 is 46.7 Å². The maximum absolute atomic E-state index is 12.1. The summed E-state index contributed by atoms with van der Waals surface area (Å²) in [6.45, 7) is 0. The number of carbonyl (C=O) groups excluding carboxylic acids is 1. The number of phenols is 1. The Labute approximate surface area is 165 Å². The van der Waals surface area contributed by atoms with E-state index in [4.69, 9.17) is 32.4 Å². The first kappa shape index (κ1) is 18.8. The lowest BCUT2D eigenvalue weighted by Crippen LogP contribution is -2.11. The predicted octanol–water partition coefficient (Wildman–Crippen LogP) is 5.30. The molecule has 2 aromatic carbocycles. The van der Waals surface area contributed by atoms with Crippen LogP contribution in [0.2, 0.25) is 10.0 Å². The van der Waals surface area contributed by atoms with Gasteiger partial charge in [0, 0.05) is 22.9 Å². The first-order valence-corrected chi connectivity index (χ1v) is 8.48. The fourth-order valence-electron chi connectivity index (χ4n) is 2.28. The number of halogens is 2. The van der Waals surface area contributed by atoms with Gasteiger partial charge in [0.25, 0.3) is 5.91 Å². The number of anilines is 1. The fraction of sp³-hybridized carbons (Fsp3) is 0.0526. The van der Waals surface area contributed by atoms with Crippen LogP contribution in [0.15, 0.2) is 58.1 Å². The minimum atomic E-state index is -0.395. The van der Waals surface area contributed by atoms with E-state index >= 15 is 0 Å². The summed E-state index contributed by atoms with van der Waals surface area (Å²) in [5.41, 5.74) is 1.38. The molecule has 138 valence electrons. The van der Waals surface area contributed by atoms with Crippen LogP contribution in [-0.4, -0.2) is 24.3 Å². The van der Waals surface area contributed by atoms with Crippen LogP contribution < -0.4 is 10.1 Å². The summed E-state index contributed by atoms with van der Waals surface area (Å²) >= 11 is 11.8. The van der Waals surface area contributed by atoms with E-state index in [0.717, 1.165) is 0 Å². The van der Waals surface area contributed by atoms with E-state index in [1.54, 1.807) is 36.4 Å². The molecule has 0 radical (unpaired) electrons. The largest absolute Gasteiger partial charge is 0.506 e. The van der Waals surface area contributed by atoms with E-state index in [-0.39, 0.29) is 16.5 Å². The molecule has 2 N–H and O–H groups in total. The summed E-state index contributed by atoms with van der Waals surface area (Å²) in [5.74, 6) is 0.0949. The smallest absolute Gasteiger partial charge is 0.291 e. The van der Waals surface area contributed by atoms with Crippen molar-refractivity contribution < 1.29 is 19.1 Å². The number of nitrogens with zero attached hydrogens (tertiary/aromatic N) is 1. The van der Waals surface area contributed by atoms with Gasteiger partial charge in [-0.25, -0.2) is 0 Å². The molecular weight excluding hydrogens is 391 g/mol. The Morgan fingerprint density at radius 2 is 2.07 bits per heavy atom. The molecule has 0 saturated heterocycles. The van der Waals surface area contributed by atoms with Gasteiger partial charge in [-0.2, -0.15) is 0 Å². The van der Waals surface area contributed by atoms with Crippen molar-refractivity contribution in [1.82, 2.24) is 0 Å². The Bertz CT molecular complexity index is 1000. The minimum absolute atomic E-state index is 0.112. The van der Waals surface area contributed by atoms with Crippen molar-refractivity contribution in [2.75, 3.05) is 12.4 Å². The minimum Gasteiger partial charge on any atom is -0.506 e. The molecular formula is C19H14Cl2N2O4. The number of nitrogens with one attached hydrogen (secondary N) is 1. The van der Waals surface area contributed by atoms with Gasteiger partial charge in [-0.1, -0.05) is 23.2 Å². The van der Waals surface area contributed by atoms with Gasteiger partial charge in [-0.15, -0.1) is 0 Å². The molecule has 0 aliphatic rings. The third-order valence-corrected chi connectivity index (χ3v) is 4.09. The molecule has 0 aliphatic heterocycles. The number of rotatable bonds is 5. The highest BCUT2D eigenvalue weighted by Gasteiger charge is 2.12. The average molecular weight is 405 g/mol. The molecule has 3 aromatic rings. The van der Waals surface area contributed by atoms with Crippen molar-refractivity contribution in [2.24, 2.45) is 4.99 Å². The summed E-state index contributed by atoms with van der Waals surface area (Å²) in [5, 5.41) is 13.2. The Kier molecular flexibility index (Phi) is 5.69. The lowest BCUT2D eigenvalue weighted by molar-refractivity contribution is 0.0996. The SMILES string of the molecule is COc1cc(N=Cc2cc(Cl)cc(Cl)c2O)ccc1NC(=O)c1ccco1. The van der Waals surface area contributed by atoms with E-state index in [0.29, 0.717) is 27.7 Å². The monoisotopic (exact) mass is 404 g/mol. The molecule has 1 amide bonds. The number of aliphatic imine (C=N–C) groups is 1. The first-order valence-electron chi connectivity index (χ1n) is 7.73. The van der Waals surface area contributed by atoms with Gasteiger partial charge in [0.1, 0.15) is 11.5 Å². The maximum Gasteiger partial charge on any atom is 0.291 e. The molecule has 0 spiro atoms. The molecule has 0 saturated carbocycles. The lowest BCUT2D eigenvalue weighted by Gasteiger charge is -2.10. The highest BCUT2D eigenvalue weighted by Crippen LogP contribution is 2.32. The van der Waals surface area contributed by atoms with Crippen LogP contribution in [0.25, 0.3) is 0 Å². The molecule has 27 heavy (non-hydrogen) atoms. The molecule has 0 unspecified atom stereocenters.